The normalized spacial score (nSPS) is 17.9. The van der Waals surface area contributed by atoms with E-state index in [0.29, 0.717) is 18.2 Å². The van der Waals surface area contributed by atoms with E-state index < -0.39 is 0 Å². The first kappa shape index (κ1) is 16.7. The molecule has 0 spiro atoms. The molecular formula is C20H22N2OS2. The molecule has 0 radical (unpaired) electrons. The van der Waals surface area contributed by atoms with Crippen LogP contribution in [-0.2, 0) is 11.2 Å². The monoisotopic (exact) mass is 370 g/mol. The molecule has 0 bridgehead atoms. The zero-order valence-electron chi connectivity index (χ0n) is 14.2. The summed E-state index contributed by atoms with van der Waals surface area (Å²) in [6.07, 6.45) is 4.83. The zero-order valence-corrected chi connectivity index (χ0v) is 15.8. The number of rotatable bonds is 5. The van der Waals surface area contributed by atoms with Gasteiger partial charge in [0.25, 0.3) is 0 Å². The Kier molecular flexibility index (Phi) is 5.13. The van der Waals surface area contributed by atoms with E-state index in [9.17, 15) is 4.79 Å². The maximum atomic E-state index is 12.6. The molecule has 0 saturated carbocycles. The summed E-state index contributed by atoms with van der Waals surface area (Å²) in [7, 11) is 0. The van der Waals surface area contributed by atoms with Gasteiger partial charge in [0, 0.05) is 30.3 Å². The summed E-state index contributed by atoms with van der Waals surface area (Å²) < 4.78 is 1.25. The number of carbonyl (C=O) groups excluding carboxylic acids is 1. The Hall–Kier alpha value is -1.72. The molecule has 0 N–H and O–H groups in total. The molecule has 0 unspecified atom stereocenters. The number of carbonyl (C=O) groups is 1. The summed E-state index contributed by atoms with van der Waals surface area (Å²) in [5.41, 5.74) is 1.09. The Morgan fingerprint density at radius 3 is 3.00 bits per heavy atom. The van der Waals surface area contributed by atoms with Gasteiger partial charge in [-0.1, -0.05) is 18.2 Å². The maximum absolute atomic E-state index is 12.6. The van der Waals surface area contributed by atoms with E-state index >= 15 is 0 Å². The lowest BCUT2D eigenvalue weighted by Crippen LogP contribution is -2.39. The number of benzene rings is 1. The third-order valence-corrected chi connectivity index (χ3v) is 6.96. The van der Waals surface area contributed by atoms with Crippen molar-refractivity contribution in [2.24, 2.45) is 0 Å². The number of aryl methyl sites for hydroxylation is 1. The molecule has 3 nitrogen and oxygen atoms in total. The average molecular weight is 371 g/mol. The molecule has 0 aliphatic carbocycles. The maximum Gasteiger partial charge on any atom is 0.222 e. The van der Waals surface area contributed by atoms with Crippen molar-refractivity contribution in [3.63, 3.8) is 0 Å². The Morgan fingerprint density at radius 1 is 1.24 bits per heavy atom. The van der Waals surface area contributed by atoms with Gasteiger partial charge in [-0.05, 0) is 49.3 Å². The van der Waals surface area contributed by atoms with Crippen LogP contribution >= 0.6 is 22.7 Å². The lowest BCUT2D eigenvalue weighted by Gasteiger charge is -2.32. The Bertz CT molecular complexity index is 807. The number of nitrogens with zero attached hydrogens (tertiary/aromatic N) is 2. The fraction of sp³-hybridized carbons (Fsp3) is 0.400. The molecule has 1 saturated heterocycles. The van der Waals surface area contributed by atoms with Crippen molar-refractivity contribution >= 4 is 38.8 Å². The second kappa shape index (κ2) is 7.67. The highest BCUT2D eigenvalue weighted by Gasteiger charge is 2.26. The second-order valence-corrected chi connectivity index (χ2v) is 8.73. The number of thiazole rings is 1. The lowest BCUT2D eigenvalue weighted by molar-refractivity contribution is -0.132. The van der Waals surface area contributed by atoms with Crippen LogP contribution in [0.25, 0.3) is 10.2 Å². The molecule has 4 rings (SSSR count). The molecule has 1 fully saturated rings. The molecular weight excluding hydrogens is 348 g/mol. The SMILES string of the molecule is O=C(CCCc1cccs1)N1CCC[C@H](c2nc3ccccc3s2)C1. The van der Waals surface area contributed by atoms with E-state index in [1.54, 1.807) is 22.7 Å². The lowest BCUT2D eigenvalue weighted by atomic mass is 9.98. The minimum atomic E-state index is 0.308. The first-order valence-electron chi connectivity index (χ1n) is 8.95. The standard InChI is InChI=1S/C20H22N2OS2/c23-19(11-3-7-16-8-5-13-24-16)22-12-4-6-15(14-22)20-21-17-9-1-2-10-18(17)25-20/h1-2,5,8-10,13,15H,3-4,6-7,11-12,14H2/t15-/m0/s1. The summed E-state index contributed by atoms with van der Waals surface area (Å²) in [4.78, 5) is 20.8. The molecule has 3 aromatic rings. The van der Waals surface area contributed by atoms with Crippen molar-refractivity contribution in [2.45, 2.75) is 38.0 Å². The van der Waals surface area contributed by atoms with Gasteiger partial charge in [0.2, 0.25) is 5.91 Å². The van der Waals surface area contributed by atoms with Crippen LogP contribution in [0.2, 0.25) is 0 Å². The number of para-hydroxylation sites is 1. The van der Waals surface area contributed by atoms with Gasteiger partial charge in [0.15, 0.2) is 0 Å². The molecule has 1 amide bonds. The second-order valence-electron chi connectivity index (χ2n) is 6.63. The quantitative estimate of drug-likeness (QED) is 0.627. The van der Waals surface area contributed by atoms with E-state index in [1.807, 2.05) is 6.07 Å². The summed E-state index contributed by atoms with van der Waals surface area (Å²) in [6.45, 7) is 1.73. The van der Waals surface area contributed by atoms with E-state index in [4.69, 9.17) is 4.98 Å². The Balaban J connectivity index is 1.36. The highest BCUT2D eigenvalue weighted by Crippen LogP contribution is 2.33. The highest BCUT2D eigenvalue weighted by atomic mass is 32.1. The van der Waals surface area contributed by atoms with Crippen molar-refractivity contribution in [1.82, 2.24) is 9.88 Å². The largest absolute Gasteiger partial charge is 0.342 e. The van der Waals surface area contributed by atoms with Gasteiger partial charge in [-0.15, -0.1) is 22.7 Å². The first-order valence-corrected chi connectivity index (χ1v) is 10.6. The fourth-order valence-corrected chi connectivity index (χ4v) is 5.34. The fourth-order valence-electron chi connectivity index (χ4n) is 3.50. The minimum absolute atomic E-state index is 0.308. The van der Waals surface area contributed by atoms with E-state index in [1.165, 1.54) is 14.6 Å². The van der Waals surface area contributed by atoms with Gasteiger partial charge < -0.3 is 4.90 Å². The van der Waals surface area contributed by atoms with Crippen LogP contribution < -0.4 is 0 Å². The molecule has 3 heterocycles. The summed E-state index contributed by atoms with van der Waals surface area (Å²) in [5, 5.41) is 3.29. The van der Waals surface area contributed by atoms with Crippen LogP contribution in [0.3, 0.4) is 0 Å². The molecule has 130 valence electrons. The summed E-state index contributed by atoms with van der Waals surface area (Å²) in [6, 6.07) is 12.5. The van der Waals surface area contributed by atoms with E-state index in [0.717, 1.165) is 44.3 Å². The molecule has 1 atom stereocenters. The smallest absolute Gasteiger partial charge is 0.222 e. The van der Waals surface area contributed by atoms with Gasteiger partial charge in [-0.3, -0.25) is 4.79 Å². The first-order chi connectivity index (χ1) is 12.3. The summed E-state index contributed by atoms with van der Waals surface area (Å²) in [5.74, 6) is 0.703. The number of hydrogen-bond acceptors (Lipinski definition) is 4. The number of hydrogen-bond donors (Lipinski definition) is 0. The molecule has 5 heteroatoms. The van der Waals surface area contributed by atoms with Gasteiger partial charge in [0.05, 0.1) is 15.2 Å². The third-order valence-electron chi connectivity index (χ3n) is 4.83. The predicted octanol–water partition coefficient (Wildman–Crippen LogP) is 5.09. The van der Waals surface area contributed by atoms with Crippen molar-refractivity contribution < 1.29 is 4.79 Å². The van der Waals surface area contributed by atoms with Crippen LogP contribution in [0.1, 0.15) is 41.5 Å². The number of piperidine rings is 1. The minimum Gasteiger partial charge on any atom is -0.342 e. The topological polar surface area (TPSA) is 33.2 Å². The van der Waals surface area contributed by atoms with Crippen LogP contribution in [0.4, 0.5) is 0 Å². The van der Waals surface area contributed by atoms with Crippen LogP contribution in [-0.4, -0.2) is 28.9 Å². The van der Waals surface area contributed by atoms with Crippen LogP contribution in [0, 0.1) is 0 Å². The van der Waals surface area contributed by atoms with E-state index in [-0.39, 0.29) is 0 Å². The number of likely N-dealkylation sites (tertiary alicyclic amines) is 1. The molecule has 1 aliphatic rings. The zero-order chi connectivity index (χ0) is 17.1. The predicted molar refractivity (Wildman–Crippen MR) is 105 cm³/mol. The van der Waals surface area contributed by atoms with Crippen molar-refractivity contribution in [2.75, 3.05) is 13.1 Å². The van der Waals surface area contributed by atoms with Crippen molar-refractivity contribution in [3.05, 3.63) is 51.7 Å². The molecule has 2 aromatic heterocycles. The third kappa shape index (κ3) is 3.93. The van der Waals surface area contributed by atoms with Gasteiger partial charge in [0.1, 0.15) is 0 Å². The molecule has 25 heavy (non-hydrogen) atoms. The number of amides is 1. The Labute approximate surface area is 156 Å². The van der Waals surface area contributed by atoms with Crippen molar-refractivity contribution in [3.8, 4) is 0 Å². The van der Waals surface area contributed by atoms with Gasteiger partial charge >= 0.3 is 0 Å². The average Bonchev–Trinajstić information content (AvgIpc) is 3.31. The van der Waals surface area contributed by atoms with Gasteiger partial charge in [-0.2, -0.15) is 0 Å². The number of aromatic nitrogens is 1. The van der Waals surface area contributed by atoms with Crippen molar-refractivity contribution in [1.29, 1.82) is 0 Å². The van der Waals surface area contributed by atoms with Crippen LogP contribution in [0.5, 0.6) is 0 Å². The number of fused-ring (bicyclic) bond motifs is 1. The van der Waals surface area contributed by atoms with E-state index in [2.05, 4.69) is 40.6 Å². The van der Waals surface area contributed by atoms with Gasteiger partial charge in [-0.25, -0.2) is 4.98 Å². The molecule has 1 aromatic carbocycles. The highest BCUT2D eigenvalue weighted by molar-refractivity contribution is 7.18. The van der Waals surface area contributed by atoms with Crippen LogP contribution in [0.15, 0.2) is 41.8 Å². The Morgan fingerprint density at radius 2 is 2.16 bits per heavy atom. The number of thiophene rings is 1. The molecule has 1 aliphatic heterocycles. The summed E-state index contributed by atoms with van der Waals surface area (Å²) >= 11 is 3.56.